The highest BCUT2D eigenvalue weighted by Gasteiger charge is 2.29. The van der Waals surface area contributed by atoms with Crippen molar-refractivity contribution in [2.75, 3.05) is 18.1 Å². The third-order valence-electron chi connectivity index (χ3n) is 6.02. The molecule has 1 aromatic heterocycles. The zero-order valence-electron chi connectivity index (χ0n) is 21.1. The molecule has 0 spiro atoms. The van der Waals surface area contributed by atoms with Gasteiger partial charge in [-0.15, -0.1) is 0 Å². The minimum atomic E-state index is -3.16. The standard InChI is InChI=1S/C28H30N4O4S/c1-19(2)17-36-26-10-9-21(13-20(26)3)27-23(16-32(31-27)25-7-5-4-6-8-25)14-22(15-29)28(33)30-24-11-12-37(34,35)18-24/h4-10,13-14,16,19,24H,11-12,17-18H2,1-3H3,(H,30,33)/b22-14+/t24-/m1/s1. The van der Waals surface area contributed by atoms with E-state index in [4.69, 9.17) is 9.84 Å². The number of nitrogens with zero attached hydrogens (tertiary/aromatic N) is 3. The third-order valence-corrected chi connectivity index (χ3v) is 7.78. The van der Waals surface area contributed by atoms with Crippen molar-refractivity contribution in [1.82, 2.24) is 15.1 Å². The largest absolute Gasteiger partial charge is 0.493 e. The topological polar surface area (TPSA) is 114 Å². The molecule has 0 unspecified atom stereocenters. The molecule has 2 aromatic carbocycles. The van der Waals surface area contributed by atoms with E-state index in [0.29, 0.717) is 30.2 Å². The van der Waals surface area contributed by atoms with E-state index < -0.39 is 21.8 Å². The molecule has 37 heavy (non-hydrogen) atoms. The zero-order valence-corrected chi connectivity index (χ0v) is 22.0. The van der Waals surface area contributed by atoms with E-state index in [2.05, 4.69) is 19.2 Å². The maximum Gasteiger partial charge on any atom is 0.262 e. The minimum absolute atomic E-state index is 0.0355. The van der Waals surface area contributed by atoms with Gasteiger partial charge in [0, 0.05) is 23.4 Å². The van der Waals surface area contributed by atoms with Crippen LogP contribution in [0, 0.1) is 24.2 Å². The van der Waals surface area contributed by atoms with Crippen molar-refractivity contribution in [1.29, 1.82) is 5.26 Å². The number of aromatic nitrogens is 2. The lowest BCUT2D eigenvalue weighted by atomic mass is 10.0. The summed E-state index contributed by atoms with van der Waals surface area (Å²) in [6.45, 7) is 6.76. The fourth-order valence-corrected chi connectivity index (χ4v) is 5.79. The lowest BCUT2D eigenvalue weighted by molar-refractivity contribution is -0.117. The number of carbonyl (C=O) groups is 1. The van der Waals surface area contributed by atoms with Crippen molar-refractivity contribution in [3.63, 3.8) is 0 Å². The smallest absolute Gasteiger partial charge is 0.262 e. The predicted molar refractivity (Wildman–Crippen MR) is 143 cm³/mol. The quantitative estimate of drug-likeness (QED) is 0.355. The number of amides is 1. The number of rotatable bonds is 8. The first-order valence-electron chi connectivity index (χ1n) is 12.2. The van der Waals surface area contributed by atoms with Gasteiger partial charge in [0.25, 0.3) is 5.91 Å². The number of nitrogens with one attached hydrogen (secondary N) is 1. The molecule has 0 aliphatic carbocycles. The van der Waals surface area contributed by atoms with Gasteiger partial charge in [-0.1, -0.05) is 32.0 Å². The van der Waals surface area contributed by atoms with Gasteiger partial charge in [-0.25, -0.2) is 13.1 Å². The van der Waals surface area contributed by atoms with Crippen LogP contribution < -0.4 is 10.1 Å². The van der Waals surface area contributed by atoms with Crippen molar-refractivity contribution in [2.45, 2.75) is 33.2 Å². The number of ether oxygens (including phenoxy) is 1. The monoisotopic (exact) mass is 518 g/mol. The summed E-state index contributed by atoms with van der Waals surface area (Å²) < 4.78 is 31.1. The summed E-state index contributed by atoms with van der Waals surface area (Å²) in [5.41, 5.74) is 3.66. The summed E-state index contributed by atoms with van der Waals surface area (Å²) in [6.07, 6.45) is 3.61. The number of aryl methyl sites for hydroxylation is 1. The number of hydrogen-bond donors (Lipinski definition) is 1. The molecule has 0 bridgehead atoms. The van der Waals surface area contributed by atoms with Gasteiger partial charge in [-0.3, -0.25) is 4.79 Å². The first-order valence-corrected chi connectivity index (χ1v) is 14.0. The molecule has 0 saturated carbocycles. The van der Waals surface area contributed by atoms with Crippen molar-refractivity contribution in [3.8, 4) is 28.8 Å². The lowest BCUT2D eigenvalue weighted by Crippen LogP contribution is -2.36. The molecular formula is C28H30N4O4S. The maximum absolute atomic E-state index is 12.9. The highest BCUT2D eigenvalue weighted by Crippen LogP contribution is 2.30. The van der Waals surface area contributed by atoms with Crippen LogP contribution in [0.15, 0.2) is 60.3 Å². The van der Waals surface area contributed by atoms with Crippen LogP contribution in [0.3, 0.4) is 0 Å². The molecule has 3 aromatic rings. The van der Waals surface area contributed by atoms with Crippen LogP contribution in [0.25, 0.3) is 23.0 Å². The first-order chi connectivity index (χ1) is 17.6. The van der Waals surface area contributed by atoms with Crippen molar-refractivity contribution in [3.05, 3.63) is 71.4 Å². The Hall–Kier alpha value is -3.90. The van der Waals surface area contributed by atoms with Gasteiger partial charge in [0.15, 0.2) is 9.84 Å². The van der Waals surface area contributed by atoms with E-state index in [-0.39, 0.29) is 17.1 Å². The van der Waals surface area contributed by atoms with Gasteiger partial charge in [-0.2, -0.15) is 10.4 Å². The first kappa shape index (κ1) is 26.2. The predicted octanol–water partition coefficient (Wildman–Crippen LogP) is 4.09. The Morgan fingerprint density at radius 2 is 2.03 bits per heavy atom. The number of benzene rings is 2. The Labute approximate surface area is 217 Å². The summed E-state index contributed by atoms with van der Waals surface area (Å²) in [5.74, 6) is 0.516. The average molecular weight is 519 g/mol. The summed E-state index contributed by atoms with van der Waals surface area (Å²) in [5, 5.41) is 17.2. The summed E-state index contributed by atoms with van der Waals surface area (Å²) in [4.78, 5) is 12.9. The van der Waals surface area contributed by atoms with Crippen LogP contribution in [-0.4, -0.2) is 48.3 Å². The fourth-order valence-electron chi connectivity index (χ4n) is 4.12. The Morgan fingerprint density at radius 1 is 1.27 bits per heavy atom. The maximum atomic E-state index is 12.9. The minimum Gasteiger partial charge on any atom is -0.493 e. The summed E-state index contributed by atoms with van der Waals surface area (Å²) in [6, 6.07) is 16.8. The van der Waals surface area contributed by atoms with E-state index in [0.717, 1.165) is 22.6 Å². The molecule has 4 rings (SSSR count). The van der Waals surface area contributed by atoms with Crippen LogP contribution in [0.5, 0.6) is 5.75 Å². The van der Waals surface area contributed by atoms with E-state index in [9.17, 15) is 18.5 Å². The van der Waals surface area contributed by atoms with Gasteiger partial charge in [-0.05, 0) is 61.2 Å². The SMILES string of the molecule is Cc1cc(-c2nn(-c3ccccc3)cc2/C=C(\C#N)C(=O)N[C@@H]2CCS(=O)(=O)C2)ccc1OCC(C)C. The third kappa shape index (κ3) is 6.46. The number of carbonyl (C=O) groups excluding carboxylic acids is 1. The van der Waals surface area contributed by atoms with Crippen LogP contribution in [0.2, 0.25) is 0 Å². The van der Waals surface area contributed by atoms with E-state index in [1.807, 2.05) is 61.5 Å². The molecular weight excluding hydrogens is 488 g/mol. The van der Waals surface area contributed by atoms with Gasteiger partial charge in [0.1, 0.15) is 23.1 Å². The average Bonchev–Trinajstić information content (AvgIpc) is 3.44. The van der Waals surface area contributed by atoms with Crippen molar-refractivity contribution in [2.24, 2.45) is 5.92 Å². The molecule has 192 valence electrons. The van der Waals surface area contributed by atoms with Crippen molar-refractivity contribution < 1.29 is 17.9 Å². The van der Waals surface area contributed by atoms with E-state index >= 15 is 0 Å². The molecule has 1 N–H and O–H groups in total. The molecule has 1 aliphatic rings. The van der Waals surface area contributed by atoms with E-state index in [1.165, 1.54) is 6.08 Å². The Bertz CT molecular complexity index is 1470. The molecule has 1 aliphatic heterocycles. The Balaban J connectivity index is 1.70. The fraction of sp³-hybridized carbons (Fsp3) is 0.321. The normalized spacial score (nSPS) is 16.9. The second-order valence-electron chi connectivity index (χ2n) is 9.64. The number of sulfone groups is 1. The van der Waals surface area contributed by atoms with Crippen molar-refractivity contribution >= 4 is 21.8 Å². The summed E-state index contributed by atoms with van der Waals surface area (Å²) >= 11 is 0. The lowest BCUT2D eigenvalue weighted by Gasteiger charge is -2.12. The second-order valence-corrected chi connectivity index (χ2v) is 11.9. The second kappa shape index (κ2) is 11.0. The van der Waals surface area contributed by atoms with Crippen LogP contribution in [0.4, 0.5) is 0 Å². The zero-order chi connectivity index (χ0) is 26.6. The highest BCUT2D eigenvalue weighted by molar-refractivity contribution is 7.91. The number of nitriles is 1. The molecule has 2 heterocycles. The molecule has 1 atom stereocenters. The Morgan fingerprint density at radius 3 is 2.65 bits per heavy atom. The van der Waals surface area contributed by atoms with Gasteiger partial charge < -0.3 is 10.1 Å². The van der Waals surface area contributed by atoms with Crippen LogP contribution in [0.1, 0.15) is 31.4 Å². The molecule has 8 nitrogen and oxygen atoms in total. The highest BCUT2D eigenvalue weighted by atomic mass is 32.2. The summed E-state index contributed by atoms with van der Waals surface area (Å²) in [7, 11) is -3.16. The van der Waals surface area contributed by atoms with Gasteiger partial charge >= 0.3 is 0 Å². The van der Waals surface area contributed by atoms with Gasteiger partial charge in [0.05, 0.1) is 23.8 Å². The van der Waals surface area contributed by atoms with Gasteiger partial charge in [0.2, 0.25) is 0 Å². The van der Waals surface area contributed by atoms with Crippen LogP contribution in [-0.2, 0) is 14.6 Å². The molecule has 1 amide bonds. The Kier molecular flexibility index (Phi) is 7.79. The van der Waals surface area contributed by atoms with E-state index in [1.54, 1.807) is 10.9 Å². The number of hydrogen-bond acceptors (Lipinski definition) is 6. The molecule has 1 saturated heterocycles. The molecule has 0 radical (unpaired) electrons. The number of para-hydroxylation sites is 1. The molecule has 1 fully saturated rings. The van der Waals surface area contributed by atoms with Crippen LogP contribution >= 0.6 is 0 Å². The molecule has 9 heteroatoms.